The lowest BCUT2D eigenvalue weighted by Crippen LogP contribution is -2.07. The molecule has 7 heteroatoms. The molecule has 0 unspecified atom stereocenters. The number of carbonyl (C=O) groups is 1. The Hall–Kier alpha value is -3.35. The lowest BCUT2D eigenvalue weighted by Gasteiger charge is -2.10. The maximum absolute atomic E-state index is 13.7. The molecule has 0 saturated heterocycles. The second-order valence-electron chi connectivity index (χ2n) is 7.03. The molecule has 4 rings (SSSR count). The summed E-state index contributed by atoms with van der Waals surface area (Å²) >= 11 is 0. The van der Waals surface area contributed by atoms with Crippen LogP contribution in [-0.4, -0.2) is 31.9 Å². The molecule has 6 nitrogen and oxygen atoms in total. The summed E-state index contributed by atoms with van der Waals surface area (Å²) in [7, 11) is 0. The average Bonchev–Trinajstić information content (AvgIpc) is 3.13. The van der Waals surface area contributed by atoms with Gasteiger partial charge in [-0.2, -0.15) is 0 Å². The van der Waals surface area contributed by atoms with Gasteiger partial charge in [0.1, 0.15) is 11.6 Å². The number of unbranched alkanes of at least 4 members (excludes halogenated alkanes) is 2. The largest absolute Gasteiger partial charge is 0.367 e. The molecule has 2 heterocycles. The topological polar surface area (TPSA) is 72.2 Å². The molecule has 0 aliphatic rings. The molecule has 0 aliphatic carbocycles. The molecular formula is C22H22FN5O. The van der Waals surface area contributed by atoms with E-state index in [0.29, 0.717) is 41.3 Å². The van der Waals surface area contributed by atoms with Gasteiger partial charge in [-0.15, -0.1) is 10.2 Å². The van der Waals surface area contributed by atoms with Crippen molar-refractivity contribution in [3.8, 4) is 0 Å². The summed E-state index contributed by atoms with van der Waals surface area (Å²) in [5.41, 5.74) is 2.68. The number of aryl methyl sites for hydroxylation is 1. The minimum absolute atomic E-state index is 0.183. The van der Waals surface area contributed by atoms with Gasteiger partial charge in [0.2, 0.25) is 5.65 Å². The van der Waals surface area contributed by atoms with Crippen LogP contribution in [0.15, 0.2) is 48.5 Å². The fourth-order valence-electron chi connectivity index (χ4n) is 3.43. The fourth-order valence-corrected chi connectivity index (χ4v) is 3.43. The van der Waals surface area contributed by atoms with Gasteiger partial charge in [0.05, 0.1) is 11.0 Å². The highest BCUT2D eigenvalue weighted by Crippen LogP contribution is 2.22. The first kappa shape index (κ1) is 19.0. The number of Topliss-reactive ketones (excluding diaryl/α,β-unsaturated/α-hetero) is 1. The lowest BCUT2D eigenvalue weighted by atomic mass is 10.0. The fraction of sp³-hybridized carbons (Fsp3) is 0.273. The van der Waals surface area contributed by atoms with E-state index in [4.69, 9.17) is 0 Å². The Balaban J connectivity index is 1.36. The van der Waals surface area contributed by atoms with Crippen LogP contribution in [0.1, 0.15) is 41.9 Å². The number of fused-ring (bicyclic) bond motifs is 3. The summed E-state index contributed by atoms with van der Waals surface area (Å²) in [5.74, 6) is 1.17. The number of aromatic nitrogens is 4. The number of hydrogen-bond acceptors (Lipinski definition) is 5. The Morgan fingerprint density at radius 1 is 1.07 bits per heavy atom. The van der Waals surface area contributed by atoms with Crippen molar-refractivity contribution in [1.82, 2.24) is 19.6 Å². The normalized spacial score (nSPS) is 11.2. The molecule has 0 fully saturated rings. The highest BCUT2D eigenvalue weighted by molar-refractivity contribution is 5.95. The molecule has 0 amide bonds. The third-order valence-corrected chi connectivity index (χ3v) is 4.92. The van der Waals surface area contributed by atoms with Gasteiger partial charge in [0, 0.05) is 24.6 Å². The van der Waals surface area contributed by atoms with Crippen LogP contribution < -0.4 is 5.32 Å². The molecule has 2 aromatic heterocycles. The Kier molecular flexibility index (Phi) is 5.46. The van der Waals surface area contributed by atoms with Gasteiger partial charge in [-0.25, -0.2) is 9.37 Å². The van der Waals surface area contributed by atoms with Crippen molar-refractivity contribution < 1.29 is 9.18 Å². The summed E-state index contributed by atoms with van der Waals surface area (Å²) in [5, 5.41) is 11.6. The summed E-state index contributed by atoms with van der Waals surface area (Å²) in [4.78, 5) is 16.7. The quantitative estimate of drug-likeness (QED) is 0.352. The summed E-state index contributed by atoms with van der Waals surface area (Å²) < 4.78 is 15.5. The van der Waals surface area contributed by atoms with E-state index in [9.17, 15) is 9.18 Å². The number of nitrogens with one attached hydrogen (secondary N) is 1. The van der Waals surface area contributed by atoms with E-state index in [0.717, 1.165) is 24.8 Å². The van der Waals surface area contributed by atoms with Crippen molar-refractivity contribution in [1.29, 1.82) is 0 Å². The van der Waals surface area contributed by atoms with Gasteiger partial charge < -0.3 is 5.32 Å². The molecule has 0 atom stereocenters. The zero-order valence-corrected chi connectivity index (χ0v) is 16.2. The first-order chi connectivity index (χ1) is 14.1. The summed E-state index contributed by atoms with van der Waals surface area (Å²) in [6.07, 6.45) is 3.24. The van der Waals surface area contributed by atoms with E-state index >= 15 is 0 Å². The van der Waals surface area contributed by atoms with Crippen molar-refractivity contribution in [3.63, 3.8) is 0 Å². The van der Waals surface area contributed by atoms with Crippen molar-refractivity contribution in [2.24, 2.45) is 0 Å². The number of halogens is 1. The van der Waals surface area contributed by atoms with E-state index in [1.807, 2.05) is 41.7 Å². The summed E-state index contributed by atoms with van der Waals surface area (Å²) in [6, 6.07) is 13.9. The van der Waals surface area contributed by atoms with E-state index in [2.05, 4.69) is 20.5 Å². The first-order valence-electron chi connectivity index (χ1n) is 9.76. The number of rotatable bonds is 8. The monoisotopic (exact) mass is 391 g/mol. The van der Waals surface area contributed by atoms with Crippen LogP contribution in [0.4, 0.5) is 10.2 Å². The van der Waals surface area contributed by atoms with Crippen LogP contribution in [-0.2, 0) is 0 Å². The van der Waals surface area contributed by atoms with Crippen LogP contribution in [0.2, 0.25) is 0 Å². The zero-order chi connectivity index (χ0) is 20.2. The van der Waals surface area contributed by atoms with Crippen LogP contribution >= 0.6 is 0 Å². The lowest BCUT2D eigenvalue weighted by molar-refractivity contribution is 0.0979. The minimum atomic E-state index is -0.320. The maximum Gasteiger partial charge on any atom is 0.204 e. The van der Waals surface area contributed by atoms with Gasteiger partial charge in [-0.3, -0.25) is 9.20 Å². The average molecular weight is 391 g/mol. The Bertz CT molecular complexity index is 1160. The van der Waals surface area contributed by atoms with Crippen molar-refractivity contribution in [2.45, 2.75) is 32.6 Å². The van der Waals surface area contributed by atoms with E-state index in [-0.39, 0.29) is 11.6 Å². The van der Waals surface area contributed by atoms with Gasteiger partial charge in [-0.1, -0.05) is 36.8 Å². The highest BCUT2D eigenvalue weighted by atomic mass is 19.1. The second kappa shape index (κ2) is 8.34. The number of anilines is 1. The maximum atomic E-state index is 13.7. The third kappa shape index (κ3) is 4.08. The molecule has 0 aliphatic heterocycles. The molecule has 2 aromatic carbocycles. The smallest absolute Gasteiger partial charge is 0.204 e. The highest BCUT2D eigenvalue weighted by Gasteiger charge is 2.13. The van der Waals surface area contributed by atoms with Gasteiger partial charge in [0.15, 0.2) is 11.6 Å². The molecule has 4 aromatic rings. The number of ketones is 1. The predicted octanol–water partition coefficient (Wildman–Crippen LogP) is 4.58. The Morgan fingerprint density at radius 2 is 1.90 bits per heavy atom. The van der Waals surface area contributed by atoms with Crippen molar-refractivity contribution in [2.75, 3.05) is 11.9 Å². The number of benzene rings is 2. The SMILES string of the molecule is Cc1nnc2c(NCCCCCC(=O)c3ccccc3)nc3ccc(F)cc3n12. The van der Waals surface area contributed by atoms with Gasteiger partial charge >= 0.3 is 0 Å². The number of carbonyl (C=O) groups excluding carboxylic acids is 1. The Morgan fingerprint density at radius 3 is 2.72 bits per heavy atom. The molecule has 0 radical (unpaired) electrons. The van der Waals surface area contributed by atoms with Crippen LogP contribution in [0.3, 0.4) is 0 Å². The predicted molar refractivity (Wildman–Crippen MR) is 111 cm³/mol. The van der Waals surface area contributed by atoms with Gasteiger partial charge in [-0.05, 0) is 31.9 Å². The molecule has 0 bridgehead atoms. The third-order valence-electron chi connectivity index (χ3n) is 4.92. The van der Waals surface area contributed by atoms with E-state index in [1.165, 1.54) is 12.1 Å². The molecule has 148 valence electrons. The molecule has 0 spiro atoms. The molecule has 1 N–H and O–H groups in total. The number of nitrogens with zero attached hydrogens (tertiary/aromatic N) is 4. The molecule has 0 saturated carbocycles. The molecular weight excluding hydrogens is 369 g/mol. The summed E-state index contributed by atoms with van der Waals surface area (Å²) in [6.45, 7) is 2.54. The second-order valence-corrected chi connectivity index (χ2v) is 7.03. The van der Waals surface area contributed by atoms with Crippen LogP contribution in [0, 0.1) is 12.7 Å². The van der Waals surface area contributed by atoms with E-state index in [1.54, 1.807) is 6.07 Å². The van der Waals surface area contributed by atoms with Crippen LogP contribution in [0.5, 0.6) is 0 Å². The molecule has 29 heavy (non-hydrogen) atoms. The minimum Gasteiger partial charge on any atom is -0.367 e. The van der Waals surface area contributed by atoms with Crippen molar-refractivity contribution >= 4 is 28.3 Å². The zero-order valence-electron chi connectivity index (χ0n) is 16.2. The number of hydrogen-bond donors (Lipinski definition) is 1. The standard InChI is InChI=1S/C22H22FN5O/c1-15-26-27-22-21(25-18-12-11-17(23)14-19(18)28(15)22)24-13-7-3-6-10-20(29)16-8-4-2-5-9-16/h2,4-5,8-9,11-12,14H,3,6-7,10,13H2,1H3,(H,24,25). The first-order valence-corrected chi connectivity index (χ1v) is 9.76. The van der Waals surface area contributed by atoms with Gasteiger partial charge in [0.25, 0.3) is 0 Å². The van der Waals surface area contributed by atoms with Crippen molar-refractivity contribution in [3.05, 3.63) is 65.7 Å². The van der Waals surface area contributed by atoms with E-state index < -0.39 is 0 Å². The Labute approximate surface area is 167 Å². The van der Waals surface area contributed by atoms with Crippen LogP contribution in [0.25, 0.3) is 16.7 Å².